The van der Waals surface area contributed by atoms with E-state index in [-0.39, 0.29) is 0 Å². The lowest BCUT2D eigenvalue weighted by Crippen LogP contribution is -2.27. The van der Waals surface area contributed by atoms with E-state index in [0.717, 1.165) is 10.0 Å². The van der Waals surface area contributed by atoms with Gasteiger partial charge in [0.05, 0.1) is 0 Å². The number of anilines is 1. The fraction of sp³-hybridized carbons (Fsp3) is 0.111. The van der Waals surface area contributed by atoms with Crippen molar-refractivity contribution >= 4 is 34.1 Å². The number of amides is 3. The van der Waals surface area contributed by atoms with Crippen molar-refractivity contribution in [3.63, 3.8) is 0 Å². The summed E-state index contributed by atoms with van der Waals surface area (Å²) >= 11 is 3.31. The van der Waals surface area contributed by atoms with E-state index in [2.05, 4.69) is 21.2 Å². The van der Waals surface area contributed by atoms with E-state index >= 15 is 0 Å². The van der Waals surface area contributed by atoms with E-state index in [1.54, 1.807) is 6.07 Å². The van der Waals surface area contributed by atoms with E-state index in [4.69, 9.17) is 0 Å². The van der Waals surface area contributed by atoms with E-state index in [1.165, 1.54) is 0 Å². The van der Waals surface area contributed by atoms with Crippen molar-refractivity contribution in [2.24, 2.45) is 0 Å². The topological polar surface area (TPSA) is 58.2 Å². The van der Waals surface area contributed by atoms with Gasteiger partial charge in [-0.2, -0.15) is 0 Å². The summed E-state index contributed by atoms with van der Waals surface area (Å²) in [5.74, 6) is 0. The summed E-state index contributed by atoms with van der Waals surface area (Å²) in [5.41, 5.74) is 1.59. The maximum Gasteiger partial charge on any atom is 0.325 e. The van der Waals surface area contributed by atoms with Crippen molar-refractivity contribution in [3.05, 3.63) is 28.2 Å². The maximum atomic E-state index is 11.0. The molecule has 0 radical (unpaired) electrons. The molecule has 0 saturated carbocycles. The minimum absolute atomic E-state index is 0.337. The average Bonchev–Trinajstić information content (AvgIpc) is 2.10. The number of imide groups is 1. The molecule has 1 aromatic carbocycles. The van der Waals surface area contributed by atoms with Crippen LogP contribution in [-0.2, 0) is 4.79 Å². The van der Waals surface area contributed by atoms with E-state index in [9.17, 15) is 9.59 Å². The molecule has 4 nitrogen and oxygen atoms in total. The van der Waals surface area contributed by atoms with Crippen LogP contribution in [0.4, 0.5) is 10.5 Å². The molecule has 0 spiro atoms. The van der Waals surface area contributed by atoms with Crippen molar-refractivity contribution in [3.8, 4) is 0 Å². The third kappa shape index (κ3) is 2.85. The fourth-order valence-electron chi connectivity index (χ4n) is 0.979. The van der Waals surface area contributed by atoms with E-state index in [1.807, 2.05) is 24.4 Å². The molecule has 0 aliphatic carbocycles. The van der Waals surface area contributed by atoms with Gasteiger partial charge in [0.1, 0.15) is 0 Å². The van der Waals surface area contributed by atoms with Crippen LogP contribution in [0.2, 0.25) is 0 Å². The normalized spacial score (nSPS) is 9.29. The van der Waals surface area contributed by atoms with Crippen molar-refractivity contribution in [2.75, 3.05) is 5.32 Å². The SMILES string of the molecule is Cc1cc(Br)ccc1NC(=O)NC=O. The van der Waals surface area contributed by atoms with E-state index < -0.39 is 6.03 Å². The first-order valence-corrected chi connectivity index (χ1v) is 4.70. The molecule has 0 aliphatic rings. The van der Waals surface area contributed by atoms with Gasteiger partial charge in [0.15, 0.2) is 0 Å². The van der Waals surface area contributed by atoms with Crippen LogP contribution in [0, 0.1) is 6.92 Å². The van der Waals surface area contributed by atoms with Crippen LogP contribution in [-0.4, -0.2) is 12.4 Å². The molecular weight excluding hydrogens is 248 g/mol. The molecule has 14 heavy (non-hydrogen) atoms. The Balaban J connectivity index is 2.76. The maximum absolute atomic E-state index is 11.0. The van der Waals surface area contributed by atoms with Gasteiger partial charge in [-0.25, -0.2) is 4.79 Å². The standard InChI is InChI=1S/C9H9BrN2O2/c1-6-4-7(10)2-3-8(6)12-9(14)11-5-13/h2-5H,1H3,(H2,11,12,13,14). The molecule has 0 bridgehead atoms. The molecule has 74 valence electrons. The second-order valence-corrected chi connectivity index (χ2v) is 3.59. The van der Waals surface area contributed by atoms with Gasteiger partial charge in [0, 0.05) is 10.2 Å². The average molecular weight is 257 g/mol. The Bertz CT molecular complexity index is 366. The predicted octanol–water partition coefficient (Wildman–Crippen LogP) is 2.04. The molecule has 0 saturated heterocycles. The number of aryl methyl sites for hydroxylation is 1. The highest BCUT2D eigenvalue weighted by molar-refractivity contribution is 9.10. The second kappa shape index (κ2) is 4.76. The van der Waals surface area contributed by atoms with Crippen LogP contribution in [0.5, 0.6) is 0 Å². The lowest BCUT2D eigenvalue weighted by Gasteiger charge is -2.07. The second-order valence-electron chi connectivity index (χ2n) is 2.68. The van der Waals surface area contributed by atoms with Gasteiger partial charge in [0.25, 0.3) is 0 Å². The Morgan fingerprint density at radius 3 is 2.79 bits per heavy atom. The zero-order valence-corrected chi connectivity index (χ0v) is 9.09. The Morgan fingerprint density at radius 1 is 1.50 bits per heavy atom. The van der Waals surface area contributed by atoms with Gasteiger partial charge < -0.3 is 5.32 Å². The zero-order valence-electron chi connectivity index (χ0n) is 7.50. The Labute approximate surface area is 89.8 Å². The lowest BCUT2D eigenvalue weighted by atomic mass is 10.2. The number of halogens is 1. The van der Waals surface area contributed by atoms with Gasteiger partial charge in [-0.05, 0) is 30.7 Å². The number of urea groups is 1. The first-order valence-electron chi connectivity index (χ1n) is 3.91. The highest BCUT2D eigenvalue weighted by Gasteiger charge is 2.02. The Morgan fingerprint density at radius 2 is 2.21 bits per heavy atom. The van der Waals surface area contributed by atoms with Crippen LogP contribution in [0.3, 0.4) is 0 Å². The first-order chi connectivity index (χ1) is 6.63. The minimum atomic E-state index is -0.537. The van der Waals surface area contributed by atoms with Crippen LogP contribution < -0.4 is 10.6 Å². The van der Waals surface area contributed by atoms with Crippen LogP contribution in [0.1, 0.15) is 5.56 Å². The minimum Gasteiger partial charge on any atom is -0.307 e. The molecule has 0 unspecified atom stereocenters. The third-order valence-electron chi connectivity index (χ3n) is 1.63. The van der Waals surface area contributed by atoms with Gasteiger partial charge >= 0.3 is 6.03 Å². The number of hydrogen-bond acceptors (Lipinski definition) is 2. The number of nitrogens with one attached hydrogen (secondary N) is 2. The van der Waals surface area contributed by atoms with Crippen LogP contribution in [0.15, 0.2) is 22.7 Å². The largest absolute Gasteiger partial charge is 0.325 e. The molecule has 1 rings (SSSR count). The van der Waals surface area contributed by atoms with Gasteiger partial charge in [0.2, 0.25) is 6.41 Å². The summed E-state index contributed by atoms with van der Waals surface area (Å²) in [7, 11) is 0. The number of carbonyl (C=O) groups excluding carboxylic acids is 2. The summed E-state index contributed by atoms with van der Waals surface area (Å²) in [6.07, 6.45) is 0.337. The molecule has 0 aliphatic heterocycles. The molecular formula is C9H9BrN2O2. The van der Waals surface area contributed by atoms with Gasteiger partial charge in [-0.15, -0.1) is 0 Å². The summed E-state index contributed by atoms with van der Waals surface area (Å²) in [6.45, 7) is 1.86. The summed E-state index contributed by atoms with van der Waals surface area (Å²) in [4.78, 5) is 20.9. The summed E-state index contributed by atoms with van der Waals surface area (Å²) in [5, 5.41) is 4.53. The molecule has 2 N–H and O–H groups in total. The third-order valence-corrected chi connectivity index (χ3v) is 2.12. The van der Waals surface area contributed by atoms with Gasteiger partial charge in [-0.1, -0.05) is 15.9 Å². The smallest absolute Gasteiger partial charge is 0.307 e. The molecule has 0 fully saturated rings. The molecule has 0 aromatic heterocycles. The number of carbonyl (C=O) groups is 2. The number of benzene rings is 1. The quantitative estimate of drug-likeness (QED) is 0.796. The number of hydrogen-bond donors (Lipinski definition) is 2. The molecule has 0 atom stereocenters. The van der Waals surface area contributed by atoms with Gasteiger partial charge in [-0.3, -0.25) is 10.1 Å². The van der Waals surface area contributed by atoms with Crippen molar-refractivity contribution < 1.29 is 9.59 Å². The van der Waals surface area contributed by atoms with Crippen molar-refractivity contribution in [1.82, 2.24) is 5.32 Å². The van der Waals surface area contributed by atoms with E-state index in [0.29, 0.717) is 12.1 Å². The van der Waals surface area contributed by atoms with Crippen molar-refractivity contribution in [1.29, 1.82) is 0 Å². The Hall–Kier alpha value is -1.36. The fourth-order valence-corrected chi connectivity index (χ4v) is 1.45. The molecule has 3 amide bonds. The monoisotopic (exact) mass is 256 g/mol. The van der Waals surface area contributed by atoms with Crippen LogP contribution >= 0.6 is 15.9 Å². The van der Waals surface area contributed by atoms with Crippen LogP contribution in [0.25, 0.3) is 0 Å². The summed E-state index contributed by atoms with van der Waals surface area (Å²) in [6, 6.07) is 4.90. The Kier molecular flexibility index (Phi) is 3.64. The first kappa shape index (κ1) is 10.7. The highest BCUT2D eigenvalue weighted by atomic mass is 79.9. The number of rotatable bonds is 2. The predicted molar refractivity (Wildman–Crippen MR) is 57.1 cm³/mol. The highest BCUT2D eigenvalue weighted by Crippen LogP contribution is 2.19. The van der Waals surface area contributed by atoms with Crippen molar-refractivity contribution in [2.45, 2.75) is 6.92 Å². The molecule has 5 heteroatoms. The summed E-state index contributed by atoms with van der Waals surface area (Å²) < 4.78 is 0.941. The zero-order chi connectivity index (χ0) is 10.6. The molecule has 0 heterocycles. The lowest BCUT2D eigenvalue weighted by molar-refractivity contribution is -0.108. The molecule has 1 aromatic rings.